The predicted octanol–water partition coefficient (Wildman–Crippen LogP) is 2.71. The zero-order valence-electron chi connectivity index (χ0n) is 14.7. The van der Waals surface area contributed by atoms with Gasteiger partial charge in [0, 0.05) is 12.2 Å². The van der Waals surface area contributed by atoms with E-state index in [0.29, 0.717) is 17.5 Å². The molecule has 0 spiro atoms. The third kappa shape index (κ3) is 4.06. The second kappa shape index (κ2) is 7.71. The highest BCUT2D eigenvalue weighted by molar-refractivity contribution is 7.99. The van der Waals surface area contributed by atoms with Crippen LogP contribution in [0.2, 0.25) is 0 Å². The van der Waals surface area contributed by atoms with Crippen molar-refractivity contribution in [2.45, 2.75) is 18.6 Å². The van der Waals surface area contributed by atoms with Gasteiger partial charge in [0.1, 0.15) is 6.33 Å². The highest BCUT2D eigenvalue weighted by atomic mass is 32.2. The molecule has 0 radical (unpaired) electrons. The van der Waals surface area contributed by atoms with Crippen molar-refractivity contribution in [1.29, 1.82) is 0 Å². The molecular formula is C19H18N4O3S. The Morgan fingerprint density at radius 3 is 2.85 bits per heavy atom. The van der Waals surface area contributed by atoms with Gasteiger partial charge < -0.3 is 14.8 Å². The van der Waals surface area contributed by atoms with Crippen molar-refractivity contribution in [2.75, 3.05) is 12.5 Å². The van der Waals surface area contributed by atoms with Gasteiger partial charge in [-0.3, -0.25) is 9.36 Å². The van der Waals surface area contributed by atoms with E-state index in [1.807, 2.05) is 54.0 Å². The van der Waals surface area contributed by atoms with Gasteiger partial charge in [-0.1, -0.05) is 35.5 Å². The van der Waals surface area contributed by atoms with Gasteiger partial charge in [-0.05, 0) is 36.8 Å². The van der Waals surface area contributed by atoms with E-state index in [-0.39, 0.29) is 18.5 Å². The molecule has 8 heteroatoms. The van der Waals surface area contributed by atoms with Crippen molar-refractivity contribution in [1.82, 2.24) is 20.1 Å². The number of fused-ring (bicyclic) bond motifs is 1. The summed E-state index contributed by atoms with van der Waals surface area (Å²) in [5.41, 5.74) is 3.11. The topological polar surface area (TPSA) is 78.3 Å². The number of carbonyl (C=O) groups excluding carboxylic acids is 1. The molecule has 1 aliphatic rings. The van der Waals surface area contributed by atoms with Crippen LogP contribution in [0.15, 0.2) is 53.9 Å². The number of aryl methyl sites for hydroxylation is 1. The largest absolute Gasteiger partial charge is 0.454 e. The van der Waals surface area contributed by atoms with Crippen LogP contribution in [0.25, 0.3) is 5.69 Å². The highest BCUT2D eigenvalue weighted by Gasteiger charge is 2.14. The predicted molar refractivity (Wildman–Crippen MR) is 101 cm³/mol. The van der Waals surface area contributed by atoms with Crippen molar-refractivity contribution in [3.8, 4) is 17.2 Å². The molecule has 4 rings (SSSR count). The van der Waals surface area contributed by atoms with Crippen molar-refractivity contribution < 1.29 is 14.3 Å². The lowest BCUT2D eigenvalue weighted by molar-refractivity contribution is -0.118. The van der Waals surface area contributed by atoms with Crippen molar-refractivity contribution in [3.05, 3.63) is 59.9 Å². The van der Waals surface area contributed by atoms with Crippen LogP contribution < -0.4 is 14.8 Å². The van der Waals surface area contributed by atoms with Crippen molar-refractivity contribution in [2.24, 2.45) is 0 Å². The summed E-state index contributed by atoms with van der Waals surface area (Å²) < 4.78 is 12.5. The Bertz CT molecular complexity index is 956. The Morgan fingerprint density at radius 2 is 2.00 bits per heavy atom. The SMILES string of the molecule is Cc1ccc(-n2cnnc2SCC(=O)NCc2ccc3c(c2)OCO3)cc1. The number of carbonyl (C=O) groups is 1. The first kappa shape index (κ1) is 17.4. The highest BCUT2D eigenvalue weighted by Crippen LogP contribution is 2.32. The maximum absolute atomic E-state index is 12.2. The summed E-state index contributed by atoms with van der Waals surface area (Å²) >= 11 is 1.35. The van der Waals surface area contributed by atoms with Crippen LogP contribution >= 0.6 is 11.8 Å². The first-order valence-electron chi connectivity index (χ1n) is 8.44. The molecule has 2 aromatic carbocycles. The Labute approximate surface area is 160 Å². The number of benzene rings is 2. The molecule has 138 valence electrons. The number of ether oxygens (including phenoxy) is 2. The fourth-order valence-corrected chi connectivity index (χ4v) is 3.40. The van der Waals surface area contributed by atoms with Gasteiger partial charge in [-0.15, -0.1) is 10.2 Å². The second-order valence-electron chi connectivity index (χ2n) is 6.07. The quantitative estimate of drug-likeness (QED) is 0.661. The van der Waals surface area contributed by atoms with Gasteiger partial charge in [0.15, 0.2) is 16.7 Å². The summed E-state index contributed by atoms with van der Waals surface area (Å²) in [6.07, 6.45) is 1.65. The van der Waals surface area contributed by atoms with Crippen LogP contribution in [0, 0.1) is 6.92 Å². The molecule has 1 amide bonds. The van der Waals surface area contributed by atoms with Gasteiger partial charge >= 0.3 is 0 Å². The fourth-order valence-electron chi connectivity index (χ4n) is 2.64. The van der Waals surface area contributed by atoms with Crippen LogP contribution in [-0.2, 0) is 11.3 Å². The van der Waals surface area contributed by atoms with Crippen molar-refractivity contribution >= 4 is 17.7 Å². The first-order chi connectivity index (χ1) is 13.2. The summed E-state index contributed by atoms with van der Waals surface area (Å²) in [6.45, 7) is 2.71. The molecular weight excluding hydrogens is 364 g/mol. The zero-order valence-corrected chi connectivity index (χ0v) is 15.5. The van der Waals surface area contributed by atoms with Crippen LogP contribution in [0.4, 0.5) is 0 Å². The van der Waals surface area contributed by atoms with Gasteiger partial charge in [-0.25, -0.2) is 0 Å². The minimum Gasteiger partial charge on any atom is -0.454 e. The fraction of sp³-hybridized carbons (Fsp3) is 0.211. The maximum atomic E-state index is 12.2. The average molecular weight is 382 g/mol. The summed E-state index contributed by atoms with van der Waals surface area (Å²) in [4.78, 5) is 12.2. The third-order valence-electron chi connectivity index (χ3n) is 4.09. The Morgan fingerprint density at radius 1 is 1.19 bits per heavy atom. The lowest BCUT2D eigenvalue weighted by Crippen LogP contribution is -2.24. The molecule has 0 atom stereocenters. The third-order valence-corrected chi connectivity index (χ3v) is 5.03. The summed E-state index contributed by atoms with van der Waals surface area (Å²) in [5, 5.41) is 11.7. The lowest BCUT2D eigenvalue weighted by Gasteiger charge is -2.08. The first-order valence-corrected chi connectivity index (χ1v) is 9.43. The maximum Gasteiger partial charge on any atom is 0.231 e. The van der Waals surface area contributed by atoms with E-state index in [2.05, 4.69) is 15.5 Å². The number of aromatic nitrogens is 3. The number of nitrogens with one attached hydrogen (secondary N) is 1. The van der Waals surface area contributed by atoms with Crippen LogP contribution in [0.3, 0.4) is 0 Å². The van der Waals surface area contributed by atoms with E-state index < -0.39 is 0 Å². The molecule has 0 bridgehead atoms. The number of hydrogen-bond acceptors (Lipinski definition) is 6. The monoisotopic (exact) mass is 382 g/mol. The molecule has 27 heavy (non-hydrogen) atoms. The molecule has 0 aliphatic carbocycles. The molecule has 0 unspecified atom stereocenters. The van der Waals surface area contributed by atoms with Gasteiger partial charge in [0.25, 0.3) is 0 Å². The number of amides is 1. The number of hydrogen-bond donors (Lipinski definition) is 1. The van der Waals surface area contributed by atoms with Crippen LogP contribution in [-0.4, -0.2) is 33.2 Å². The molecule has 1 aliphatic heterocycles. The second-order valence-corrected chi connectivity index (χ2v) is 7.01. The molecule has 0 saturated heterocycles. The average Bonchev–Trinajstić information content (AvgIpc) is 3.34. The van der Waals surface area contributed by atoms with Gasteiger partial charge in [-0.2, -0.15) is 0 Å². The molecule has 0 saturated carbocycles. The standard InChI is InChI=1S/C19H18N4O3S/c1-13-2-5-15(6-3-13)23-11-21-22-19(23)27-10-18(24)20-9-14-4-7-16-17(8-14)26-12-25-16/h2-8,11H,9-10,12H2,1H3,(H,20,24). The van der Waals surface area contributed by atoms with E-state index in [4.69, 9.17) is 9.47 Å². The van der Waals surface area contributed by atoms with Crippen LogP contribution in [0.5, 0.6) is 11.5 Å². The minimum atomic E-state index is -0.0730. The molecule has 1 aromatic heterocycles. The molecule has 7 nitrogen and oxygen atoms in total. The minimum absolute atomic E-state index is 0.0730. The zero-order chi connectivity index (χ0) is 18.6. The Hall–Kier alpha value is -3.00. The van der Waals surface area contributed by atoms with Gasteiger partial charge in [0.2, 0.25) is 12.7 Å². The Kier molecular flexibility index (Phi) is 4.97. The number of thioether (sulfide) groups is 1. The summed E-state index contributed by atoms with van der Waals surface area (Å²) in [7, 11) is 0. The van der Waals surface area contributed by atoms with Gasteiger partial charge in [0.05, 0.1) is 5.75 Å². The normalized spacial score (nSPS) is 12.2. The summed E-state index contributed by atoms with van der Waals surface area (Å²) in [6, 6.07) is 13.7. The lowest BCUT2D eigenvalue weighted by atomic mass is 10.2. The smallest absolute Gasteiger partial charge is 0.231 e. The molecule has 3 aromatic rings. The molecule has 1 N–H and O–H groups in total. The van der Waals surface area contributed by atoms with E-state index >= 15 is 0 Å². The molecule has 0 fully saturated rings. The van der Waals surface area contributed by atoms with E-state index in [0.717, 1.165) is 17.0 Å². The molecule has 2 heterocycles. The van der Waals surface area contributed by atoms with Crippen LogP contribution in [0.1, 0.15) is 11.1 Å². The van der Waals surface area contributed by atoms with E-state index in [9.17, 15) is 4.79 Å². The summed E-state index contributed by atoms with van der Waals surface area (Å²) in [5.74, 6) is 1.63. The number of rotatable bonds is 6. The Balaban J connectivity index is 1.32. The van der Waals surface area contributed by atoms with E-state index in [1.165, 1.54) is 17.3 Å². The van der Waals surface area contributed by atoms with E-state index in [1.54, 1.807) is 6.33 Å². The number of nitrogens with zero attached hydrogens (tertiary/aromatic N) is 3. The van der Waals surface area contributed by atoms with Crippen molar-refractivity contribution in [3.63, 3.8) is 0 Å².